The number of aliphatic hydroxyl groups excluding tert-OH is 1. The summed E-state index contributed by atoms with van der Waals surface area (Å²) in [4.78, 5) is 4.16. The summed E-state index contributed by atoms with van der Waals surface area (Å²) in [6.45, 7) is 1.93. The number of aromatic nitrogens is 2. The molecule has 0 spiro atoms. The van der Waals surface area contributed by atoms with Gasteiger partial charge in [-0.2, -0.15) is 4.98 Å². The first kappa shape index (κ1) is 10.6. The highest BCUT2D eigenvalue weighted by Gasteiger charge is 2.08. The summed E-state index contributed by atoms with van der Waals surface area (Å²) in [5.41, 5.74) is 8.26. The first-order valence-corrected chi connectivity index (χ1v) is 5.00. The van der Waals surface area contributed by atoms with Crippen molar-refractivity contribution < 1.29 is 9.63 Å². The molecule has 0 saturated heterocycles. The van der Waals surface area contributed by atoms with Gasteiger partial charge in [-0.05, 0) is 30.7 Å². The summed E-state index contributed by atoms with van der Waals surface area (Å²) in [5.74, 6) is 0.957. The number of hydrogen-bond donors (Lipinski definition) is 2. The van der Waals surface area contributed by atoms with Crippen molar-refractivity contribution in [2.75, 3.05) is 12.3 Å². The third-order valence-corrected chi connectivity index (χ3v) is 2.32. The zero-order valence-corrected chi connectivity index (χ0v) is 8.97. The molecule has 0 aliphatic carbocycles. The molecule has 1 aromatic heterocycles. The van der Waals surface area contributed by atoms with Crippen molar-refractivity contribution in [1.29, 1.82) is 0 Å². The van der Waals surface area contributed by atoms with E-state index in [2.05, 4.69) is 10.1 Å². The van der Waals surface area contributed by atoms with Gasteiger partial charge >= 0.3 is 0 Å². The van der Waals surface area contributed by atoms with Gasteiger partial charge in [-0.25, -0.2) is 0 Å². The van der Waals surface area contributed by atoms with E-state index in [1.165, 1.54) is 0 Å². The van der Waals surface area contributed by atoms with Gasteiger partial charge in [0.2, 0.25) is 0 Å². The molecular formula is C11H13N3O2. The number of hydrogen-bond acceptors (Lipinski definition) is 5. The minimum atomic E-state index is 0.0136. The number of nitrogens with two attached hydrogens (primary N) is 1. The Morgan fingerprint density at radius 2 is 2.25 bits per heavy atom. The van der Waals surface area contributed by atoms with Crippen LogP contribution in [0.25, 0.3) is 11.5 Å². The highest BCUT2D eigenvalue weighted by Crippen LogP contribution is 2.21. The third-order valence-electron chi connectivity index (χ3n) is 2.32. The minimum absolute atomic E-state index is 0.0136. The van der Waals surface area contributed by atoms with Crippen LogP contribution in [-0.4, -0.2) is 21.9 Å². The number of aliphatic hydroxyl groups is 1. The number of benzene rings is 1. The summed E-state index contributed by atoms with van der Waals surface area (Å²) >= 11 is 0. The van der Waals surface area contributed by atoms with Crippen LogP contribution in [0.15, 0.2) is 22.7 Å². The van der Waals surface area contributed by atoms with E-state index in [4.69, 9.17) is 15.4 Å². The Balaban J connectivity index is 2.31. The van der Waals surface area contributed by atoms with E-state index in [1.807, 2.05) is 19.1 Å². The van der Waals surface area contributed by atoms with Crippen LogP contribution in [0.3, 0.4) is 0 Å². The van der Waals surface area contributed by atoms with Gasteiger partial charge in [0, 0.05) is 17.7 Å². The predicted molar refractivity (Wildman–Crippen MR) is 59.7 cm³/mol. The van der Waals surface area contributed by atoms with Crippen molar-refractivity contribution in [3.63, 3.8) is 0 Å². The standard InChI is InChI=1S/C11H13N3O2/c1-7-6-8(2-3-9(7)12)11-13-10(4-5-15)14-16-11/h2-3,6,15H,4-5,12H2,1H3. The molecular weight excluding hydrogens is 206 g/mol. The Labute approximate surface area is 92.9 Å². The summed E-state index contributed by atoms with van der Waals surface area (Å²) < 4.78 is 5.09. The molecule has 0 amide bonds. The van der Waals surface area contributed by atoms with Gasteiger partial charge < -0.3 is 15.4 Å². The molecule has 84 valence electrons. The van der Waals surface area contributed by atoms with E-state index < -0.39 is 0 Å². The summed E-state index contributed by atoms with van der Waals surface area (Å²) in [5, 5.41) is 12.5. The van der Waals surface area contributed by atoms with Crippen molar-refractivity contribution in [2.24, 2.45) is 0 Å². The van der Waals surface area contributed by atoms with Crippen molar-refractivity contribution in [3.05, 3.63) is 29.6 Å². The maximum absolute atomic E-state index is 8.74. The quantitative estimate of drug-likeness (QED) is 0.756. The Hall–Kier alpha value is -1.88. The predicted octanol–water partition coefficient (Wildman–Crippen LogP) is 1.16. The smallest absolute Gasteiger partial charge is 0.257 e. The molecule has 0 bridgehead atoms. The minimum Gasteiger partial charge on any atom is -0.399 e. The Bertz CT molecular complexity index is 494. The molecule has 0 fully saturated rings. The van der Waals surface area contributed by atoms with Gasteiger partial charge in [-0.15, -0.1) is 0 Å². The molecule has 1 heterocycles. The molecule has 3 N–H and O–H groups in total. The first-order valence-electron chi connectivity index (χ1n) is 5.00. The lowest BCUT2D eigenvalue weighted by molar-refractivity contribution is 0.293. The summed E-state index contributed by atoms with van der Waals surface area (Å²) in [6, 6.07) is 5.53. The highest BCUT2D eigenvalue weighted by atomic mass is 16.5. The summed E-state index contributed by atoms with van der Waals surface area (Å²) in [6.07, 6.45) is 0.400. The van der Waals surface area contributed by atoms with Gasteiger partial charge in [0.1, 0.15) is 0 Å². The molecule has 0 atom stereocenters. The molecule has 0 unspecified atom stereocenters. The lowest BCUT2D eigenvalue weighted by atomic mass is 10.1. The Morgan fingerprint density at radius 1 is 1.44 bits per heavy atom. The molecule has 0 aliphatic rings. The van der Waals surface area contributed by atoms with E-state index in [-0.39, 0.29) is 6.61 Å². The third kappa shape index (κ3) is 2.04. The average molecular weight is 219 g/mol. The van der Waals surface area contributed by atoms with Crippen LogP contribution in [0.1, 0.15) is 11.4 Å². The largest absolute Gasteiger partial charge is 0.399 e. The van der Waals surface area contributed by atoms with E-state index >= 15 is 0 Å². The Morgan fingerprint density at radius 3 is 2.94 bits per heavy atom. The van der Waals surface area contributed by atoms with Crippen LogP contribution < -0.4 is 5.73 Å². The molecule has 5 nitrogen and oxygen atoms in total. The average Bonchev–Trinajstić information content (AvgIpc) is 2.71. The SMILES string of the molecule is Cc1cc(-c2nc(CCO)no2)ccc1N. The van der Waals surface area contributed by atoms with Crippen molar-refractivity contribution in [2.45, 2.75) is 13.3 Å². The van der Waals surface area contributed by atoms with Crippen molar-refractivity contribution >= 4 is 5.69 Å². The number of nitrogen functional groups attached to an aromatic ring is 1. The van der Waals surface area contributed by atoms with Crippen LogP contribution in [0, 0.1) is 6.92 Å². The normalized spacial score (nSPS) is 10.6. The van der Waals surface area contributed by atoms with E-state index in [9.17, 15) is 0 Å². The molecule has 0 radical (unpaired) electrons. The second kappa shape index (κ2) is 4.32. The van der Waals surface area contributed by atoms with Crippen LogP contribution in [0.5, 0.6) is 0 Å². The number of aryl methyl sites for hydroxylation is 1. The van der Waals surface area contributed by atoms with Gasteiger partial charge in [-0.1, -0.05) is 5.16 Å². The number of rotatable bonds is 3. The second-order valence-electron chi connectivity index (χ2n) is 3.56. The molecule has 2 rings (SSSR count). The van der Waals surface area contributed by atoms with Crippen LogP contribution >= 0.6 is 0 Å². The zero-order chi connectivity index (χ0) is 11.5. The monoisotopic (exact) mass is 219 g/mol. The molecule has 5 heteroatoms. The van der Waals surface area contributed by atoms with Crippen LogP contribution in [0.2, 0.25) is 0 Å². The van der Waals surface area contributed by atoms with E-state index in [1.54, 1.807) is 6.07 Å². The highest BCUT2D eigenvalue weighted by molar-refractivity contribution is 5.60. The molecule has 0 saturated carbocycles. The zero-order valence-electron chi connectivity index (χ0n) is 8.97. The van der Waals surface area contributed by atoms with Gasteiger partial charge in [0.05, 0.1) is 6.61 Å². The second-order valence-corrected chi connectivity index (χ2v) is 3.56. The molecule has 1 aromatic carbocycles. The van der Waals surface area contributed by atoms with E-state index in [0.29, 0.717) is 18.1 Å². The summed E-state index contributed by atoms with van der Waals surface area (Å²) in [7, 11) is 0. The fraction of sp³-hybridized carbons (Fsp3) is 0.273. The first-order chi connectivity index (χ1) is 7.70. The molecule has 2 aromatic rings. The van der Waals surface area contributed by atoms with Crippen molar-refractivity contribution in [1.82, 2.24) is 10.1 Å². The Kier molecular flexibility index (Phi) is 2.87. The van der Waals surface area contributed by atoms with Gasteiger partial charge in [0.15, 0.2) is 5.82 Å². The van der Waals surface area contributed by atoms with E-state index in [0.717, 1.165) is 16.8 Å². The maximum atomic E-state index is 8.74. The molecule has 0 aliphatic heterocycles. The van der Waals surface area contributed by atoms with Gasteiger partial charge in [-0.3, -0.25) is 0 Å². The van der Waals surface area contributed by atoms with Gasteiger partial charge in [0.25, 0.3) is 5.89 Å². The lowest BCUT2D eigenvalue weighted by Crippen LogP contribution is -1.93. The fourth-order valence-corrected chi connectivity index (χ4v) is 1.38. The van der Waals surface area contributed by atoms with Crippen LogP contribution in [-0.2, 0) is 6.42 Å². The lowest BCUT2D eigenvalue weighted by Gasteiger charge is -2.00. The van der Waals surface area contributed by atoms with Crippen molar-refractivity contribution in [3.8, 4) is 11.5 Å². The number of nitrogens with zero attached hydrogens (tertiary/aromatic N) is 2. The number of anilines is 1. The fourth-order valence-electron chi connectivity index (χ4n) is 1.38. The van der Waals surface area contributed by atoms with Crippen LogP contribution in [0.4, 0.5) is 5.69 Å². The topological polar surface area (TPSA) is 85.2 Å². The molecule has 16 heavy (non-hydrogen) atoms. The maximum Gasteiger partial charge on any atom is 0.257 e.